The molecule has 0 saturated heterocycles. The molecule has 0 fully saturated rings. The number of carbonyl (C=O) groups is 1. The molecule has 0 spiro atoms. The molecule has 18 heavy (non-hydrogen) atoms. The average Bonchev–Trinajstić information content (AvgIpc) is 2.70. The van der Waals surface area contributed by atoms with E-state index in [2.05, 4.69) is 11.0 Å². The molecule has 0 radical (unpaired) electrons. The minimum absolute atomic E-state index is 0.00308. The molecule has 2 rings (SSSR count). The van der Waals surface area contributed by atoms with Gasteiger partial charge < -0.3 is 9.80 Å². The summed E-state index contributed by atoms with van der Waals surface area (Å²) in [4.78, 5) is 15.4. The lowest BCUT2D eigenvalue weighted by Gasteiger charge is -2.18. The van der Waals surface area contributed by atoms with Crippen molar-refractivity contribution in [3.05, 3.63) is 29.3 Å². The lowest BCUT2D eigenvalue weighted by molar-refractivity contribution is -0.116. The van der Waals surface area contributed by atoms with Crippen molar-refractivity contribution < 1.29 is 4.79 Å². The molecule has 0 aromatic heterocycles. The first-order valence-electron chi connectivity index (χ1n) is 6.18. The topological polar surface area (TPSA) is 23.6 Å². The fourth-order valence-corrected chi connectivity index (χ4v) is 2.78. The van der Waals surface area contributed by atoms with Crippen LogP contribution in [0, 0.1) is 0 Å². The second-order valence-electron chi connectivity index (χ2n) is 5.04. The molecular weight excluding hydrogens is 248 g/mol. The Morgan fingerprint density at radius 2 is 2.22 bits per heavy atom. The number of benzene rings is 1. The summed E-state index contributed by atoms with van der Waals surface area (Å²) < 4.78 is 0. The highest BCUT2D eigenvalue weighted by atomic mass is 35.5. The zero-order valence-corrected chi connectivity index (χ0v) is 11.9. The van der Waals surface area contributed by atoms with E-state index < -0.39 is 0 Å². The van der Waals surface area contributed by atoms with Gasteiger partial charge in [-0.15, -0.1) is 11.6 Å². The molecule has 0 N–H and O–H groups in total. The van der Waals surface area contributed by atoms with E-state index in [1.807, 2.05) is 31.1 Å². The first kappa shape index (κ1) is 13.4. The normalized spacial score (nSPS) is 15.9. The molecule has 1 heterocycles. The summed E-state index contributed by atoms with van der Waals surface area (Å²) in [6.07, 6.45) is 0.925. The molecule has 0 aliphatic carbocycles. The average molecular weight is 267 g/mol. The van der Waals surface area contributed by atoms with E-state index in [0.29, 0.717) is 0 Å². The highest BCUT2D eigenvalue weighted by Gasteiger charge is 2.23. The van der Waals surface area contributed by atoms with Gasteiger partial charge in [0.05, 0.1) is 5.38 Å². The van der Waals surface area contributed by atoms with Crippen LogP contribution < -0.4 is 4.90 Å². The summed E-state index contributed by atoms with van der Waals surface area (Å²) in [7, 11) is 4.03. The van der Waals surface area contributed by atoms with E-state index in [-0.39, 0.29) is 11.3 Å². The van der Waals surface area contributed by atoms with Crippen LogP contribution in [-0.2, 0) is 11.2 Å². The Morgan fingerprint density at radius 3 is 2.83 bits per heavy atom. The predicted molar refractivity (Wildman–Crippen MR) is 75.3 cm³/mol. The van der Waals surface area contributed by atoms with Crippen molar-refractivity contribution >= 4 is 23.2 Å². The Bertz CT molecular complexity index is 459. The van der Waals surface area contributed by atoms with Crippen LogP contribution in [0.15, 0.2) is 18.2 Å². The number of fused-ring (bicyclic) bond motifs is 1. The summed E-state index contributed by atoms with van der Waals surface area (Å²) in [5.41, 5.74) is 3.40. The number of carbonyl (C=O) groups excluding carboxylic acids is 1. The molecule has 1 aromatic carbocycles. The maximum Gasteiger partial charge on any atom is 0.223 e. The summed E-state index contributed by atoms with van der Waals surface area (Å²) in [6, 6.07) is 6.19. The van der Waals surface area contributed by atoms with Crippen LogP contribution in [0.25, 0.3) is 0 Å². The first-order valence-corrected chi connectivity index (χ1v) is 6.62. The molecular formula is C14H19ClN2O. The fraction of sp³-hybridized carbons (Fsp3) is 0.500. The van der Waals surface area contributed by atoms with Crippen molar-refractivity contribution in [2.24, 2.45) is 0 Å². The van der Waals surface area contributed by atoms with Crippen LogP contribution in [0.1, 0.15) is 23.4 Å². The van der Waals surface area contributed by atoms with Crippen LogP contribution >= 0.6 is 11.6 Å². The molecule has 1 atom stereocenters. The second kappa shape index (κ2) is 5.29. The lowest BCUT2D eigenvalue weighted by atomic mass is 10.1. The van der Waals surface area contributed by atoms with Crippen molar-refractivity contribution in [1.29, 1.82) is 0 Å². The third kappa shape index (κ3) is 2.68. The van der Waals surface area contributed by atoms with Gasteiger partial charge in [-0.1, -0.05) is 12.1 Å². The molecule has 3 nitrogen and oxygen atoms in total. The Labute approximate surface area is 113 Å². The third-order valence-electron chi connectivity index (χ3n) is 3.27. The number of alkyl halides is 1. The maximum atomic E-state index is 11.5. The van der Waals surface area contributed by atoms with E-state index >= 15 is 0 Å². The number of nitrogens with zero attached hydrogens (tertiary/aromatic N) is 2. The number of hydrogen-bond acceptors (Lipinski definition) is 2. The van der Waals surface area contributed by atoms with Crippen molar-refractivity contribution in [3.63, 3.8) is 0 Å². The zero-order chi connectivity index (χ0) is 13.3. The van der Waals surface area contributed by atoms with Crippen LogP contribution in [0.5, 0.6) is 0 Å². The van der Waals surface area contributed by atoms with Crippen molar-refractivity contribution in [3.8, 4) is 0 Å². The molecule has 4 heteroatoms. The summed E-state index contributed by atoms with van der Waals surface area (Å²) in [5.74, 6) is 0.109. The molecule has 0 saturated carbocycles. The van der Waals surface area contributed by atoms with Crippen molar-refractivity contribution in [2.75, 3.05) is 32.1 Å². The number of amides is 1. The first-order chi connectivity index (χ1) is 8.49. The zero-order valence-electron chi connectivity index (χ0n) is 11.1. The van der Waals surface area contributed by atoms with E-state index in [4.69, 9.17) is 11.6 Å². The molecule has 1 aliphatic heterocycles. The minimum atomic E-state index is -0.00308. The number of halogens is 1. The highest BCUT2D eigenvalue weighted by Crippen LogP contribution is 2.32. The predicted octanol–water partition coefficient (Wildman–Crippen LogP) is 2.44. The molecule has 0 bridgehead atoms. The molecule has 1 aliphatic rings. The van der Waals surface area contributed by atoms with Gasteiger partial charge in [-0.2, -0.15) is 0 Å². The maximum absolute atomic E-state index is 11.5. The van der Waals surface area contributed by atoms with Crippen LogP contribution in [-0.4, -0.2) is 38.0 Å². The van der Waals surface area contributed by atoms with E-state index in [1.165, 1.54) is 5.56 Å². The van der Waals surface area contributed by atoms with Gasteiger partial charge in [0.1, 0.15) is 0 Å². The second-order valence-corrected chi connectivity index (χ2v) is 5.57. The Balaban J connectivity index is 2.22. The Hall–Kier alpha value is -1.06. The monoisotopic (exact) mass is 266 g/mol. The Kier molecular flexibility index (Phi) is 3.93. The molecule has 1 unspecified atom stereocenters. The third-order valence-corrected chi connectivity index (χ3v) is 3.66. The van der Waals surface area contributed by atoms with Crippen molar-refractivity contribution in [1.82, 2.24) is 4.90 Å². The van der Waals surface area contributed by atoms with Gasteiger partial charge in [-0.3, -0.25) is 4.79 Å². The number of anilines is 1. The van der Waals surface area contributed by atoms with E-state index in [9.17, 15) is 4.79 Å². The quantitative estimate of drug-likeness (QED) is 0.785. The van der Waals surface area contributed by atoms with Gasteiger partial charge >= 0.3 is 0 Å². The minimum Gasteiger partial charge on any atom is -0.312 e. The van der Waals surface area contributed by atoms with Crippen LogP contribution in [0.2, 0.25) is 0 Å². The fourth-order valence-electron chi connectivity index (χ4n) is 2.37. The van der Waals surface area contributed by atoms with Gasteiger partial charge in [0, 0.05) is 25.7 Å². The number of likely N-dealkylation sites (N-methyl/N-ethyl adjacent to an activating group) is 1. The highest BCUT2D eigenvalue weighted by molar-refractivity contribution is 6.21. The molecule has 98 valence electrons. The standard InChI is InChI=1S/C14H19ClN2O/c1-10(18)17-7-6-12-8-11(4-5-14(12)17)13(15)9-16(2)3/h4-5,8,13H,6-7,9H2,1-3H3. The number of rotatable bonds is 3. The number of hydrogen-bond donors (Lipinski definition) is 0. The summed E-state index contributed by atoms with van der Waals surface area (Å²) in [5, 5.41) is -0.00308. The Morgan fingerprint density at radius 1 is 1.50 bits per heavy atom. The van der Waals surface area contributed by atoms with Crippen LogP contribution in [0.4, 0.5) is 5.69 Å². The van der Waals surface area contributed by atoms with Crippen LogP contribution in [0.3, 0.4) is 0 Å². The van der Waals surface area contributed by atoms with Gasteiger partial charge in [0.15, 0.2) is 0 Å². The molecule has 1 aromatic rings. The van der Waals surface area contributed by atoms with Gasteiger partial charge in [-0.05, 0) is 37.7 Å². The summed E-state index contributed by atoms with van der Waals surface area (Å²) >= 11 is 6.38. The lowest BCUT2D eigenvalue weighted by Crippen LogP contribution is -2.25. The molecule has 1 amide bonds. The smallest absolute Gasteiger partial charge is 0.223 e. The van der Waals surface area contributed by atoms with Gasteiger partial charge in [-0.25, -0.2) is 0 Å². The van der Waals surface area contributed by atoms with Gasteiger partial charge in [0.25, 0.3) is 0 Å². The van der Waals surface area contributed by atoms with E-state index in [1.54, 1.807) is 6.92 Å². The summed E-state index contributed by atoms with van der Waals surface area (Å²) in [6.45, 7) is 3.21. The largest absolute Gasteiger partial charge is 0.312 e. The van der Waals surface area contributed by atoms with Gasteiger partial charge in [0.2, 0.25) is 5.91 Å². The van der Waals surface area contributed by atoms with E-state index in [0.717, 1.165) is 30.8 Å². The van der Waals surface area contributed by atoms with Crippen molar-refractivity contribution in [2.45, 2.75) is 18.7 Å². The SMILES string of the molecule is CC(=O)N1CCc2cc(C(Cl)CN(C)C)ccc21.